The summed E-state index contributed by atoms with van der Waals surface area (Å²) in [5.74, 6) is 2.56. The van der Waals surface area contributed by atoms with Crippen molar-refractivity contribution in [3.63, 3.8) is 0 Å². The number of nitrogens with two attached hydrogens (primary N) is 1. The highest BCUT2D eigenvalue weighted by atomic mass is 32.2. The van der Waals surface area contributed by atoms with Crippen LogP contribution in [0.2, 0.25) is 0 Å². The number of hydrogen-bond donors (Lipinski definition) is 3. The molecule has 0 amide bonds. The molecule has 0 aromatic rings. The van der Waals surface area contributed by atoms with Gasteiger partial charge in [-0.25, -0.2) is 0 Å². The predicted molar refractivity (Wildman–Crippen MR) is 54.7 cm³/mol. The molecule has 0 aromatic heterocycles. The molecule has 2 atom stereocenters. The Labute approximate surface area is 78.2 Å². The van der Waals surface area contributed by atoms with E-state index in [1.807, 2.05) is 13.8 Å². The van der Waals surface area contributed by atoms with Crippen molar-refractivity contribution in [1.29, 1.82) is 5.41 Å². The van der Waals surface area contributed by atoms with Crippen molar-refractivity contribution in [2.45, 2.75) is 13.8 Å². The summed E-state index contributed by atoms with van der Waals surface area (Å²) in [6.07, 6.45) is 0. The zero-order valence-electron chi connectivity index (χ0n) is 7.71. The third-order valence-corrected chi connectivity index (χ3v) is 3.15. The second-order valence-corrected chi connectivity index (χ2v) is 4.26. The van der Waals surface area contributed by atoms with Gasteiger partial charge in [0, 0.05) is 18.3 Å². The van der Waals surface area contributed by atoms with Gasteiger partial charge >= 0.3 is 0 Å². The maximum absolute atomic E-state index is 8.73. The second kappa shape index (κ2) is 6.31. The summed E-state index contributed by atoms with van der Waals surface area (Å²) in [6.45, 7) is 4.19. The van der Waals surface area contributed by atoms with Gasteiger partial charge in [-0.2, -0.15) is 11.8 Å². The van der Waals surface area contributed by atoms with Crippen LogP contribution in [-0.4, -0.2) is 29.1 Å². The van der Waals surface area contributed by atoms with E-state index in [1.165, 1.54) is 0 Å². The Bertz CT molecular complexity index is 141. The molecule has 0 fully saturated rings. The quantitative estimate of drug-likeness (QED) is 0.431. The van der Waals surface area contributed by atoms with Gasteiger partial charge in [0.15, 0.2) is 0 Å². The van der Waals surface area contributed by atoms with Crippen molar-refractivity contribution in [1.82, 2.24) is 0 Å². The fraction of sp³-hybridized carbons (Fsp3) is 0.875. The van der Waals surface area contributed by atoms with Gasteiger partial charge in [-0.1, -0.05) is 13.8 Å². The van der Waals surface area contributed by atoms with Gasteiger partial charge in [0.05, 0.1) is 5.84 Å². The predicted octanol–water partition coefficient (Wildman–Crippen LogP) is 0.920. The van der Waals surface area contributed by atoms with Crippen molar-refractivity contribution >= 4 is 17.6 Å². The van der Waals surface area contributed by atoms with Gasteiger partial charge in [-0.3, -0.25) is 5.41 Å². The summed E-state index contributed by atoms with van der Waals surface area (Å²) in [5, 5.41) is 15.9. The molecule has 0 aliphatic carbocycles. The van der Waals surface area contributed by atoms with Gasteiger partial charge in [0.1, 0.15) is 0 Å². The lowest BCUT2D eigenvalue weighted by Gasteiger charge is -2.10. The molecule has 72 valence electrons. The summed E-state index contributed by atoms with van der Waals surface area (Å²) in [4.78, 5) is 0. The van der Waals surface area contributed by atoms with E-state index >= 15 is 0 Å². The Balaban J connectivity index is 3.37. The van der Waals surface area contributed by atoms with Crippen molar-refractivity contribution < 1.29 is 5.11 Å². The summed E-state index contributed by atoms with van der Waals surface area (Å²) in [5.41, 5.74) is 5.31. The first-order valence-corrected chi connectivity index (χ1v) is 5.26. The summed E-state index contributed by atoms with van der Waals surface area (Å²) >= 11 is 1.74. The van der Waals surface area contributed by atoms with Crippen molar-refractivity contribution in [2.24, 2.45) is 17.6 Å². The largest absolute Gasteiger partial charge is 0.396 e. The van der Waals surface area contributed by atoms with E-state index in [0.29, 0.717) is 5.92 Å². The van der Waals surface area contributed by atoms with E-state index in [4.69, 9.17) is 16.2 Å². The van der Waals surface area contributed by atoms with Gasteiger partial charge in [-0.15, -0.1) is 0 Å². The molecule has 4 N–H and O–H groups in total. The first-order chi connectivity index (χ1) is 5.57. The SMILES string of the molecule is CC(CO)CSCC(C)C(=N)N. The molecule has 0 rings (SSSR count). The minimum atomic E-state index is 0.154. The van der Waals surface area contributed by atoms with E-state index in [2.05, 4.69) is 0 Å². The van der Waals surface area contributed by atoms with E-state index in [9.17, 15) is 0 Å². The zero-order chi connectivity index (χ0) is 9.56. The lowest BCUT2D eigenvalue weighted by atomic mass is 10.2. The highest BCUT2D eigenvalue weighted by molar-refractivity contribution is 7.99. The number of aliphatic hydroxyl groups is 1. The van der Waals surface area contributed by atoms with E-state index in [-0.39, 0.29) is 18.4 Å². The van der Waals surface area contributed by atoms with Crippen LogP contribution in [0.15, 0.2) is 0 Å². The highest BCUT2D eigenvalue weighted by Gasteiger charge is 2.06. The highest BCUT2D eigenvalue weighted by Crippen LogP contribution is 2.11. The minimum Gasteiger partial charge on any atom is -0.396 e. The molecule has 3 nitrogen and oxygen atoms in total. The van der Waals surface area contributed by atoms with Gasteiger partial charge in [0.2, 0.25) is 0 Å². The Morgan fingerprint density at radius 1 is 1.50 bits per heavy atom. The lowest BCUT2D eigenvalue weighted by molar-refractivity contribution is 0.250. The Morgan fingerprint density at radius 2 is 2.08 bits per heavy atom. The van der Waals surface area contributed by atoms with E-state index in [1.54, 1.807) is 11.8 Å². The van der Waals surface area contributed by atoms with Crippen LogP contribution >= 0.6 is 11.8 Å². The molecular formula is C8H18N2OS. The molecule has 0 aliphatic rings. The normalized spacial score (nSPS) is 15.6. The topological polar surface area (TPSA) is 70.1 Å². The van der Waals surface area contributed by atoms with Crippen molar-refractivity contribution in [3.8, 4) is 0 Å². The Kier molecular flexibility index (Phi) is 6.20. The zero-order valence-corrected chi connectivity index (χ0v) is 8.53. The number of aliphatic hydroxyl groups excluding tert-OH is 1. The first-order valence-electron chi connectivity index (χ1n) is 4.10. The molecule has 0 bridgehead atoms. The molecule has 2 unspecified atom stereocenters. The summed E-state index contributed by atoms with van der Waals surface area (Å²) in [7, 11) is 0. The van der Waals surface area contributed by atoms with Crippen LogP contribution in [-0.2, 0) is 0 Å². The molecule has 0 aliphatic heterocycles. The molecule has 12 heavy (non-hydrogen) atoms. The average molecular weight is 190 g/mol. The molecule has 0 saturated heterocycles. The molecule has 0 spiro atoms. The number of amidine groups is 1. The number of nitrogens with one attached hydrogen (secondary N) is 1. The van der Waals surface area contributed by atoms with Crippen LogP contribution < -0.4 is 5.73 Å². The monoisotopic (exact) mass is 190 g/mol. The van der Waals surface area contributed by atoms with Gasteiger partial charge < -0.3 is 10.8 Å². The molecule has 0 aromatic carbocycles. The molecule has 4 heteroatoms. The summed E-state index contributed by atoms with van der Waals surface area (Å²) in [6, 6.07) is 0. The van der Waals surface area contributed by atoms with Crippen LogP contribution in [0.4, 0.5) is 0 Å². The first kappa shape index (κ1) is 11.8. The molecular weight excluding hydrogens is 172 g/mol. The van der Waals surface area contributed by atoms with E-state index < -0.39 is 0 Å². The smallest absolute Gasteiger partial charge is 0.0942 e. The third-order valence-electron chi connectivity index (χ3n) is 1.61. The Hall–Kier alpha value is -0.220. The second-order valence-electron chi connectivity index (χ2n) is 3.18. The van der Waals surface area contributed by atoms with Crippen LogP contribution in [0.5, 0.6) is 0 Å². The van der Waals surface area contributed by atoms with Crippen LogP contribution in [0, 0.1) is 17.2 Å². The summed E-state index contributed by atoms with van der Waals surface area (Å²) < 4.78 is 0. The van der Waals surface area contributed by atoms with Crippen LogP contribution in [0.1, 0.15) is 13.8 Å². The van der Waals surface area contributed by atoms with Crippen LogP contribution in [0.25, 0.3) is 0 Å². The van der Waals surface area contributed by atoms with Crippen molar-refractivity contribution in [2.75, 3.05) is 18.1 Å². The van der Waals surface area contributed by atoms with Gasteiger partial charge in [-0.05, 0) is 11.7 Å². The fourth-order valence-electron chi connectivity index (χ4n) is 0.588. The molecule has 0 heterocycles. The third kappa shape index (κ3) is 5.43. The molecule has 0 radical (unpaired) electrons. The lowest BCUT2D eigenvalue weighted by Crippen LogP contribution is -2.22. The van der Waals surface area contributed by atoms with Crippen molar-refractivity contribution in [3.05, 3.63) is 0 Å². The number of rotatable bonds is 6. The van der Waals surface area contributed by atoms with E-state index in [0.717, 1.165) is 11.5 Å². The Morgan fingerprint density at radius 3 is 2.50 bits per heavy atom. The maximum atomic E-state index is 8.73. The maximum Gasteiger partial charge on any atom is 0.0942 e. The minimum absolute atomic E-state index is 0.154. The average Bonchev–Trinajstić information content (AvgIpc) is 2.03. The number of hydrogen-bond acceptors (Lipinski definition) is 3. The fourth-order valence-corrected chi connectivity index (χ4v) is 1.77. The number of thioether (sulfide) groups is 1. The standard InChI is InChI=1S/C8H18N2OS/c1-6(3-11)4-12-5-7(2)8(9)10/h6-7,11H,3-5H2,1-2H3,(H3,9,10). The van der Waals surface area contributed by atoms with Gasteiger partial charge in [0.25, 0.3) is 0 Å². The van der Waals surface area contributed by atoms with Crippen LogP contribution in [0.3, 0.4) is 0 Å². The molecule has 0 saturated carbocycles.